The number of rotatable bonds is 4. The van der Waals surface area contributed by atoms with Crippen LogP contribution in [0.4, 0.5) is 0 Å². The van der Waals surface area contributed by atoms with Crippen LogP contribution < -0.4 is 11.3 Å². The second-order valence-electron chi connectivity index (χ2n) is 5.48. The van der Waals surface area contributed by atoms with Gasteiger partial charge < -0.3 is 0 Å². The van der Waals surface area contributed by atoms with Gasteiger partial charge in [0.2, 0.25) is 0 Å². The van der Waals surface area contributed by atoms with Crippen LogP contribution in [0.1, 0.15) is 35.1 Å². The summed E-state index contributed by atoms with van der Waals surface area (Å²) in [5.74, 6) is 7.03. The fourth-order valence-electron chi connectivity index (χ4n) is 3.00. The molecule has 3 N–H and O–H groups in total. The summed E-state index contributed by atoms with van der Waals surface area (Å²) in [6.07, 6.45) is 1.22. The maximum atomic E-state index is 5.79. The van der Waals surface area contributed by atoms with Gasteiger partial charge in [-0.25, -0.2) is 0 Å². The van der Waals surface area contributed by atoms with Crippen molar-refractivity contribution < 1.29 is 0 Å². The Hall–Kier alpha value is -1.64. The normalized spacial score (nSPS) is 23.1. The molecule has 2 aromatic rings. The highest BCUT2D eigenvalue weighted by molar-refractivity contribution is 5.32. The number of hydrazine groups is 1. The third-order valence-electron chi connectivity index (χ3n) is 4.08. The molecule has 0 radical (unpaired) electrons. The van der Waals surface area contributed by atoms with Crippen LogP contribution in [0.3, 0.4) is 0 Å². The largest absolute Gasteiger partial charge is 0.271 e. The van der Waals surface area contributed by atoms with Crippen LogP contribution in [0.2, 0.25) is 0 Å². The Bertz CT molecular complexity index is 550. The van der Waals surface area contributed by atoms with Gasteiger partial charge in [-0.1, -0.05) is 60.2 Å². The Morgan fingerprint density at radius 1 is 1.11 bits per heavy atom. The highest BCUT2D eigenvalue weighted by atomic mass is 15.2. The minimum absolute atomic E-state index is 0.255. The first kappa shape index (κ1) is 12.4. The van der Waals surface area contributed by atoms with Crippen LogP contribution in [0.25, 0.3) is 0 Å². The van der Waals surface area contributed by atoms with Gasteiger partial charge in [-0.3, -0.25) is 11.3 Å². The highest BCUT2D eigenvalue weighted by Gasteiger charge is 2.43. The van der Waals surface area contributed by atoms with E-state index in [0.29, 0.717) is 11.8 Å². The van der Waals surface area contributed by atoms with E-state index < -0.39 is 0 Å². The molecule has 0 spiro atoms. The standard InChI is InChI=1S/C17H20N2/c1-12-6-5-9-14(10-12)17(19-18)16-11-15(16)13-7-3-2-4-8-13/h2-10,15-17,19H,11,18H2,1H3. The van der Waals surface area contributed by atoms with E-state index in [-0.39, 0.29) is 6.04 Å². The van der Waals surface area contributed by atoms with Crippen molar-refractivity contribution in [3.8, 4) is 0 Å². The maximum Gasteiger partial charge on any atom is 0.0494 e. The van der Waals surface area contributed by atoms with Gasteiger partial charge in [-0.15, -0.1) is 0 Å². The number of hydrogen-bond acceptors (Lipinski definition) is 2. The van der Waals surface area contributed by atoms with Gasteiger partial charge in [0.05, 0.1) is 0 Å². The number of benzene rings is 2. The lowest BCUT2D eigenvalue weighted by Gasteiger charge is -2.17. The van der Waals surface area contributed by atoms with Gasteiger partial charge in [-0.05, 0) is 36.3 Å². The van der Waals surface area contributed by atoms with Crippen LogP contribution in [0.5, 0.6) is 0 Å². The molecule has 3 atom stereocenters. The molecule has 0 bridgehead atoms. The second kappa shape index (κ2) is 5.16. The Balaban J connectivity index is 1.79. The van der Waals surface area contributed by atoms with Crippen LogP contribution in [0, 0.1) is 12.8 Å². The zero-order chi connectivity index (χ0) is 13.2. The van der Waals surface area contributed by atoms with Crippen molar-refractivity contribution >= 4 is 0 Å². The molecular formula is C17H20N2. The Morgan fingerprint density at radius 2 is 1.89 bits per heavy atom. The highest BCUT2D eigenvalue weighted by Crippen LogP contribution is 2.53. The molecule has 1 saturated carbocycles. The van der Waals surface area contributed by atoms with E-state index >= 15 is 0 Å². The van der Waals surface area contributed by atoms with Crippen molar-refractivity contribution in [1.29, 1.82) is 0 Å². The summed E-state index contributed by atoms with van der Waals surface area (Å²) in [5.41, 5.74) is 7.02. The quantitative estimate of drug-likeness (QED) is 0.647. The zero-order valence-electron chi connectivity index (χ0n) is 11.2. The molecule has 0 aliphatic heterocycles. The number of hydrogen-bond donors (Lipinski definition) is 2. The molecule has 3 unspecified atom stereocenters. The van der Waals surface area contributed by atoms with E-state index in [2.05, 4.69) is 66.9 Å². The van der Waals surface area contributed by atoms with Crippen molar-refractivity contribution in [1.82, 2.24) is 5.43 Å². The summed E-state index contributed by atoms with van der Waals surface area (Å²) in [6, 6.07) is 19.6. The van der Waals surface area contributed by atoms with Gasteiger partial charge in [0.1, 0.15) is 0 Å². The van der Waals surface area contributed by atoms with E-state index in [0.717, 1.165) is 0 Å². The molecular weight excluding hydrogens is 232 g/mol. The smallest absolute Gasteiger partial charge is 0.0494 e. The third-order valence-corrected chi connectivity index (χ3v) is 4.08. The first-order valence-corrected chi connectivity index (χ1v) is 6.87. The van der Waals surface area contributed by atoms with E-state index in [1.54, 1.807) is 0 Å². The maximum absolute atomic E-state index is 5.79. The van der Waals surface area contributed by atoms with Crippen LogP contribution >= 0.6 is 0 Å². The van der Waals surface area contributed by atoms with Crippen molar-refractivity contribution in [2.45, 2.75) is 25.3 Å². The van der Waals surface area contributed by atoms with Gasteiger partial charge in [0.25, 0.3) is 0 Å². The second-order valence-corrected chi connectivity index (χ2v) is 5.48. The Morgan fingerprint density at radius 3 is 2.58 bits per heavy atom. The average Bonchev–Trinajstić information content (AvgIpc) is 3.21. The number of nitrogens with two attached hydrogens (primary N) is 1. The summed E-state index contributed by atoms with van der Waals surface area (Å²) in [4.78, 5) is 0. The third kappa shape index (κ3) is 2.55. The van der Waals surface area contributed by atoms with Gasteiger partial charge in [0, 0.05) is 6.04 Å². The molecule has 2 heteroatoms. The summed E-state index contributed by atoms with van der Waals surface area (Å²) >= 11 is 0. The minimum Gasteiger partial charge on any atom is -0.271 e. The average molecular weight is 252 g/mol. The first-order chi connectivity index (χ1) is 9.29. The van der Waals surface area contributed by atoms with Crippen LogP contribution in [-0.4, -0.2) is 0 Å². The predicted molar refractivity (Wildman–Crippen MR) is 78.5 cm³/mol. The zero-order valence-corrected chi connectivity index (χ0v) is 11.2. The monoisotopic (exact) mass is 252 g/mol. The molecule has 0 amide bonds. The van der Waals surface area contributed by atoms with Gasteiger partial charge >= 0.3 is 0 Å². The number of aryl methyl sites for hydroxylation is 1. The molecule has 0 heterocycles. The Kier molecular flexibility index (Phi) is 3.36. The molecule has 0 aromatic heterocycles. The molecule has 1 aliphatic rings. The van der Waals surface area contributed by atoms with Crippen LogP contribution in [0.15, 0.2) is 54.6 Å². The minimum atomic E-state index is 0.255. The van der Waals surface area contributed by atoms with E-state index in [9.17, 15) is 0 Å². The van der Waals surface area contributed by atoms with Gasteiger partial charge in [-0.2, -0.15) is 0 Å². The fourth-order valence-corrected chi connectivity index (χ4v) is 3.00. The van der Waals surface area contributed by atoms with Crippen molar-refractivity contribution in [2.75, 3.05) is 0 Å². The van der Waals surface area contributed by atoms with Crippen molar-refractivity contribution in [3.05, 3.63) is 71.3 Å². The lowest BCUT2D eigenvalue weighted by molar-refractivity contribution is 0.487. The summed E-state index contributed by atoms with van der Waals surface area (Å²) < 4.78 is 0. The van der Waals surface area contributed by atoms with Crippen LogP contribution in [-0.2, 0) is 0 Å². The van der Waals surface area contributed by atoms with E-state index in [4.69, 9.17) is 5.84 Å². The lowest BCUT2D eigenvalue weighted by atomic mass is 9.98. The molecule has 1 fully saturated rings. The van der Waals surface area contributed by atoms with Crippen molar-refractivity contribution in [2.24, 2.45) is 11.8 Å². The van der Waals surface area contributed by atoms with Crippen molar-refractivity contribution in [3.63, 3.8) is 0 Å². The summed E-state index contributed by atoms with van der Waals surface area (Å²) in [5, 5.41) is 0. The first-order valence-electron chi connectivity index (χ1n) is 6.87. The van der Waals surface area contributed by atoms with E-state index in [1.165, 1.54) is 23.1 Å². The molecule has 1 aliphatic carbocycles. The molecule has 3 rings (SSSR count). The SMILES string of the molecule is Cc1cccc(C(NN)C2CC2c2ccccc2)c1. The van der Waals surface area contributed by atoms with Gasteiger partial charge in [0.15, 0.2) is 0 Å². The molecule has 2 aromatic carbocycles. The summed E-state index contributed by atoms with van der Waals surface area (Å²) in [7, 11) is 0. The molecule has 2 nitrogen and oxygen atoms in total. The fraction of sp³-hybridized carbons (Fsp3) is 0.294. The molecule has 19 heavy (non-hydrogen) atoms. The molecule has 0 saturated heterocycles. The van der Waals surface area contributed by atoms with E-state index in [1.807, 2.05) is 0 Å². The summed E-state index contributed by atoms with van der Waals surface area (Å²) in [6.45, 7) is 2.12. The topological polar surface area (TPSA) is 38.0 Å². The lowest BCUT2D eigenvalue weighted by Crippen LogP contribution is -2.29. The molecule has 98 valence electrons. The Labute approximate surface area is 114 Å². The number of nitrogens with one attached hydrogen (secondary N) is 1. The predicted octanol–water partition coefficient (Wildman–Crippen LogP) is 3.30.